The van der Waals surface area contributed by atoms with Gasteiger partial charge in [-0.1, -0.05) is 0 Å². The molecule has 0 aromatic carbocycles. The molecule has 56 valence electrons. The Morgan fingerprint density at radius 3 is 2.70 bits per heavy atom. The van der Waals surface area contributed by atoms with Gasteiger partial charge in [-0.05, 0) is 0 Å². The van der Waals surface area contributed by atoms with E-state index in [0.717, 1.165) is 11.3 Å². The van der Waals surface area contributed by atoms with Gasteiger partial charge >= 0.3 is 63.0 Å². The molecule has 0 aliphatic rings. The van der Waals surface area contributed by atoms with E-state index in [1.54, 1.807) is 11.4 Å². The number of hydrogen-bond acceptors (Lipinski definition) is 4. The molecule has 1 N–H and O–H groups in total. The normalized spacial score (nSPS) is 11.3. The van der Waals surface area contributed by atoms with E-state index in [-0.39, 0.29) is 5.06 Å². The van der Waals surface area contributed by atoms with Crippen molar-refractivity contribution in [3.63, 3.8) is 0 Å². The van der Waals surface area contributed by atoms with Crippen LogP contribution in [0.25, 0.3) is 0 Å². The topological polar surface area (TPSA) is 63.6 Å². The zero-order valence-electron chi connectivity index (χ0n) is 4.72. The molecular weight excluding hydrogens is 223 g/mol. The molecule has 0 atom stereocenters. The van der Waals surface area contributed by atoms with Gasteiger partial charge in [0.2, 0.25) is 0 Å². The van der Waals surface area contributed by atoms with Crippen molar-refractivity contribution >= 4 is 24.7 Å². The Morgan fingerprint density at radius 2 is 2.30 bits per heavy atom. The second kappa shape index (κ2) is 2.67. The van der Waals surface area contributed by atoms with E-state index in [9.17, 15) is 7.67 Å². The number of thiophene rings is 1. The van der Waals surface area contributed by atoms with Gasteiger partial charge in [0.15, 0.2) is 0 Å². The summed E-state index contributed by atoms with van der Waals surface area (Å²) in [6.45, 7) is 0. The van der Waals surface area contributed by atoms with Gasteiger partial charge in [0.1, 0.15) is 0 Å². The van der Waals surface area contributed by atoms with Crippen LogP contribution in [0.2, 0.25) is 0 Å². The fourth-order valence-corrected chi connectivity index (χ4v) is 2.15. The van der Waals surface area contributed by atoms with Gasteiger partial charge in [-0.25, -0.2) is 0 Å². The summed E-state index contributed by atoms with van der Waals surface area (Å²) in [6, 6.07) is 3.09. The monoisotopic (exact) mass is 228 g/mol. The van der Waals surface area contributed by atoms with Gasteiger partial charge in [0.25, 0.3) is 0 Å². The van der Waals surface area contributed by atoms with Crippen LogP contribution >= 0.6 is 11.3 Å². The summed E-state index contributed by atoms with van der Waals surface area (Å²) in [5, 5.41) is 1.84. The Kier molecular flexibility index (Phi) is 2.05. The van der Waals surface area contributed by atoms with Gasteiger partial charge in [-0.15, -0.1) is 0 Å². The SMILES string of the molecule is O=[Se](=O)(O)Oc1cccs1. The number of rotatable bonds is 2. The Labute approximate surface area is 63.3 Å². The second-order valence-electron chi connectivity index (χ2n) is 1.44. The average molecular weight is 227 g/mol. The Balaban J connectivity index is 2.75. The molecule has 4 nitrogen and oxygen atoms in total. The summed E-state index contributed by atoms with van der Waals surface area (Å²) in [5.74, 6) is 0. The van der Waals surface area contributed by atoms with E-state index < -0.39 is 13.4 Å². The summed E-state index contributed by atoms with van der Waals surface area (Å²) in [5.41, 5.74) is 0. The summed E-state index contributed by atoms with van der Waals surface area (Å²) >= 11 is -3.91. The molecule has 0 fully saturated rings. The first-order valence-corrected chi connectivity index (χ1v) is 6.03. The van der Waals surface area contributed by atoms with Crippen LogP contribution in [-0.2, 0) is 7.67 Å². The molecule has 1 aromatic rings. The summed E-state index contributed by atoms with van der Waals surface area (Å²) in [6.07, 6.45) is 0. The molecule has 0 amide bonds. The Bertz CT molecular complexity index is 287. The van der Waals surface area contributed by atoms with Crippen LogP contribution in [0.3, 0.4) is 0 Å². The molecule has 0 aliphatic carbocycles. The fraction of sp³-hybridized carbons (Fsp3) is 0. The molecule has 1 aromatic heterocycles. The maximum absolute atomic E-state index is 10.1. The van der Waals surface area contributed by atoms with E-state index in [1.165, 1.54) is 6.07 Å². The maximum atomic E-state index is 10.1. The van der Waals surface area contributed by atoms with Gasteiger partial charge in [-0.3, -0.25) is 0 Å². The molecular formula is C4H4O4SSe. The van der Waals surface area contributed by atoms with E-state index in [1.807, 2.05) is 0 Å². The zero-order chi connectivity index (χ0) is 7.61. The zero-order valence-corrected chi connectivity index (χ0v) is 7.25. The Hall–Kier alpha value is -0.421. The predicted molar refractivity (Wildman–Crippen MR) is 34.3 cm³/mol. The summed E-state index contributed by atoms with van der Waals surface area (Å²) < 4.78 is 32.6. The molecule has 0 saturated heterocycles. The van der Waals surface area contributed by atoms with Gasteiger partial charge < -0.3 is 0 Å². The molecule has 6 heteroatoms. The third-order valence-corrected chi connectivity index (χ3v) is 2.48. The van der Waals surface area contributed by atoms with E-state index in [0.29, 0.717) is 0 Å². The van der Waals surface area contributed by atoms with Crippen molar-refractivity contribution in [2.75, 3.05) is 0 Å². The fourth-order valence-electron chi connectivity index (χ4n) is 0.415. The standard InChI is InChI=1S/C4H4O4SSe/c5-10(6,7)8-4-2-1-3-9-4/h1-3H,(H,5,6,7). The first-order chi connectivity index (χ1) is 4.58. The van der Waals surface area contributed by atoms with Crippen molar-refractivity contribution in [2.45, 2.75) is 0 Å². The van der Waals surface area contributed by atoms with E-state index in [2.05, 4.69) is 3.82 Å². The van der Waals surface area contributed by atoms with Crippen LogP contribution in [0.1, 0.15) is 0 Å². The Morgan fingerprint density at radius 1 is 1.60 bits per heavy atom. The van der Waals surface area contributed by atoms with Crippen molar-refractivity contribution < 1.29 is 15.7 Å². The third-order valence-electron chi connectivity index (χ3n) is 0.683. The summed E-state index contributed by atoms with van der Waals surface area (Å²) in [7, 11) is 0. The average Bonchev–Trinajstić information content (AvgIpc) is 2.12. The minimum atomic E-state index is -5.01. The molecule has 1 rings (SSSR count). The first-order valence-electron chi connectivity index (χ1n) is 2.28. The number of hydrogen-bond donors (Lipinski definition) is 1. The quantitative estimate of drug-likeness (QED) is 0.743. The molecule has 0 unspecified atom stereocenters. The molecule has 0 saturated carbocycles. The molecule has 0 bridgehead atoms. The first kappa shape index (κ1) is 7.68. The van der Waals surface area contributed by atoms with Crippen LogP contribution in [0.4, 0.5) is 0 Å². The van der Waals surface area contributed by atoms with E-state index >= 15 is 0 Å². The predicted octanol–water partition coefficient (Wildman–Crippen LogP) is 0.416. The minimum absolute atomic E-state index is 0.188. The third kappa shape index (κ3) is 2.45. The van der Waals surface area contributed by atoms with Crippen LogP contribution < -0.4 is 3.82 Å². The molecule has 10 heavy (non-hydrogen) atoms. The van der Waals surface area contributed by atoms with Crippen molar-refractivity contribution in [3.8, 4) is 5.06 Å². The molecule has 0 spiro atoms. The molecule has 0 aliphatic heterocycles. The van der Waals surface area contributed by atoms with Gasteiger partial charge in [0.05, 0.1) is 0 Å². The summed E-state index contributed by atoms with van der Waals surface area (Å²) in [4.78, 5) is 0. The van der Waals surface area contributed by atoms with Crippen molar-refractivity contribution in [1.29, 1.82) is 0 Å². The van der Waals surface area contributed by atoms with E-state index in [4.69, 9.17) is 4.19 Å². The van der Waals surface area contributed by atoms with Gasteiger partial charge in [-0.2, -0.15) is 0 Å². The van der Waals surface area contributed by atoms with Crippen LogP contribution in [-0.4, -0.2) is 17.6 Å². The van der Waals surface area contributed by atoms with Crippen molar-refractivity contribution in [3.05, 3.63) is 17.5 Å². The van der Waals surface area contributed by atoms with Crippen molar-refractivity contribution in [1.82, 2.24) is 0 Å². The van der Waals surface area contributed by atoms with Crippen LogP contribution in [0, 0.1) is 0 Å². The molecule has 1 heterocycles. The second-order valence-corrected chi connectivity index (χ2v) is 4.50. The van der Waals surface area contributed by atoms with Crippen molar-refractivity contribution in [2.24, 2.45) is 0 Å². The van der Waals surface area contributed by atoms with Crippen LogP contribution in [0.5, 0.6) is 5.06 Å². The molecule has 0 radical (unpaired) electrons. The van der Waals surface area contributed by atoms with Gasteiger partial charge in [0, 0.05) is 0 Å². The van der Waals surface area contributed by atoms with Crippen LogP contribution in [0.15, 0.2) is 17.5 Å².